The van der Waals surface area contributed by atoms with Crippen molar-refractivity contribution in [2.75, 3.05) is 11.9 Å². The third-order valence-corrected chi connectivity index (χ3v) is 2.30. The van der Waals surface area contributed by atoms with Gasteiger partial charge in [-0.25, -0.2) is 0 Å². The zero-order chi connectivity index (χ0) is 13.5. The zero-order valence-electron chi connectivity index (χ0n) is 10.4. The van der Waals surface area contributed by atoms with Gasteiger partial charge in [0.05, 0.1) is 11.8 Å². The van der Waals surface area contributed by atoms with Crippen molar-refractivity contribution in [3.8, 4) is 0 Å². The van der Waals surface area contributed by atoms with Crippen LogP contribution in [0.4, 0.5) is 5.82 Å². The molecule has 0 bridgehead atoms. The second kappa shape index (κ2) is 6.85. The highest BCUT2D eigenvalue weighted by atomic mass is 32.1. The molecule has 0 aliphatic rings. The van der Waals surface area contributed by atoms with E-state index >= 15 is 0 Å². The molecule has 6 nitrogen and oxygen atoms in total. The number of nitrogens with one attached hydrogen (secondary N) is 2. The van der Waals surface area contributed by atoms with E-state index in [2.05, 4.69) is 20.8 Å². The molecule has 1 aromatic rings. The average molecular weight is 267 g/mol. The largest absolute Gasteiger partial charge is 0.389 e. The fourth-order valence-corrected chi connectivity index (χ4v) is 1.51. The number of aromatic nitrogens is 2. The molecule has 1 aromatic heterocycles. The Kier molecular flexibility index (Phi) is 5.44. The van der Waals surface area contributed by atoms with Gasteiger partial charge in [0.2, 0.25) is 5.91 Å². The minimum absolute atomic E-state index is 0.0155. The molecule has 0 spiro atoms. The van der Waals surface area contributed by atoms with Gasteiger partial charge in [-0.3, -0.25) is 4.79 Å². The van der Waals surface area contributed by atoms with Crippen molar-refractivity contribution < 1.29 is 4.79 Å². The molecule has 1 rings (SSSR count). The molecule has 0 saturated carbocycles. The molecule has 4 N–H and O–H groups in total. The number of carbonyl (C=O) groups excluding carboxylic acids is 1. The van der Waals surface area contributed by atoms with Crippen molar-refractivity contribution in [3.05, 3.63) is 17.8 Å². The smallest absolute Gasteiger partial charge is 0.221 e. The fourth-order valence-electron chi connectivity index (χ4n) is 1.35. The van der Waals surface area contributed by atoms with E-state index in [-0.39, 0.29) is 16.9 Å². The summed E-state index contributed by atoms with van der Waals surface area (Å²) in [5.74, 6) is 0.487. The predicted molar refractivity (Wildman–Crippen MR) is 74.3 cm³/mol. The summed E-state index contributed by atoms with van der Waals surface area (Å²) in [4.78, 5) is 11.7. The lowest BCUT2D eigenvalue weighted by Crippen LogP contribution is -2.31. The molecular formula is C11H17N5OS. The monoisotopic (exact) mass is 267 g/mol. The summed E-state index contributed by atoms with van der Waals surface area (Å²) >= 11 is 4.90. The Labute approximate surface area is 111 Å². The highest BCUT2D eigenvalue weighted by Crippen LogP contribution is 2.09. The maximum absolute atomic E-state index is 11.4. The topological polar surface area (TPSA) is 92.9 Å². The number of nitrogens with zero attached hydrogens (tertiary/aromatic N) is 2. The van der Waals surface area contributed by atoms with E-state index in [1.807, 2.05) is 13.8 Å². The van der Waals surface area contributed by atoms with Gasteiger partial charge in [0.25, 0.3) is 0 Å². The Morgan fingerprint density at radius 2 is 2.28 bits per heavy atom. The third kappa shape index (κ3) is 4.62. The summed E-state index contributed by atoms with van der Waals surface area (Å²) < 4.78 is 0. The first-order valence-corrected chi connectivity index (χ1v) is 6.06. The number of carbonyl (C=O) groups is 1. The quantitative estimate of drug-likeness (QED) is 0.648. The number of nitrogens with two attached hydrogens (primary N) is 1. The minimum atomic E-state index is -0.0155. The van der Waals surface area contributed by atoms with E-state index in [4.69, 9.17) is 18.0 Å². The molecule has 1 heterocycles. The van der Waals surface area contributed by atoms with Gasteiger partial charge < -0.3 is 16.4 Å². The van der Waals surface area contributed by atoms with Gasteiger partial charge in [-0.2, -0.15) is 5.10 Å². The molecule has 0 unspecified atom stereocenters. The van der Waals surface area contributed by atoms with Crippen molar-refractivity contribution in [1.29, 1.82) is 0 Å². The highest BCUT2D eigenvalue weighted by molar-refractivity contribution is 7.80. The second-order valence-electron chi connectivity index (χ2n) is 4.06. The van der Waals surface area contributed by atoms with Crippen LogP contribution < -0.4 is 16.4 Å². The SMILES string of the molecule is CC(C)NC(=O)CCNc1nnccc1C(N)=S. The van der Waals surface area contributed by atoms with Crippen molar-refractivity contribution in [2.45, 2.75) is 26.3 Å². The van der Waals surface area contributed by atoms with E-state index in [0.29, 0.717) is 24.3 Å². The van der Waals surface area contributed by atoms with Gasteiger partial charge in [-0.1, -0.05) is 12.2 Å². The lowest BCUT2D eigenvalue weighted by Gasteiger charge is -2.10. The average Bonchev–Trinajstić information content (AvgIpc) is 2.28. The number of thiocarbonyl (C=S) groups is 1. The van der Waals surface area contributed by atoms with Gasteiger partial charge in [0.1, 0.15) is 4.99 Å². The van der Waals surface area contributed by atoms with Gasteiger partial charge >= 0.3 is 0 Å². The predicted octanol–water partition coefficient (Wildman–Crippen LogP) is 0.437. The van der Waals surface area contributed by atoms with E-state index in [9.17, 15) is 4.79 Å². The number of hydrogen-bond donors (Lipinski definition) is 3. The number of anilines is 1. The van der Waals surface area contributed by atoms with Crippen LogP contribution >= 0.6 is 12.2 Å². The van der Waals surface area contributed by atoms with Crippen LogP contribution in [0.15, 0.2) is 12.3 Å². The summed E-state index contributed by atoms with van der Waals surface area (Å²) in [6, 6.07) is 1.83. The molecule has 0 atom stereocenters. The van der Waals surface area contributed by atoms with Gasteiger partial charge in [0.15, 0.2) is 5.82 Å². The molecule has 18 heavy (non-hydrogen) atoms. The van der Waals surface area contributed by atoms with Gasteiger partial charge in [-0.15, -0.1) is 5.10 Å². The van der Waals surface area contributed by atoms with Gasteiger partial charge in [0, 0.05) is 19.0 Å². The van der Waals surface area contributed by atoms with Gasteiger partial charge in [-0.05, 0) is 19.9 Å². The summed E-state index contributed by atoms with van der Waals surface area (Å²) in [6.07, 6.45) is 1.87. The molecule has 1 amide bonds. The Morgan fingerprint density at radius 1 is 1.56 bits per heavy atom. The maximum Gasteiger partial charge on any atom is 0.221 e. The molecule has 0 aromatic carbocycles. The van der Waals surface area contributed by atoms with Crippen LogP contribution in [0.3, 0.4) is 0 Å². The first kappa shape index (κ1) is 14.3. The van der Waals surface area contributed by atoms with Crippen LogP contribution in [-0.4, -0.2) is 33.7 Å². The molecule has 0 fully saturated rings. The van der Waals surface area contributed by atoms with E-state index in [1.54, 1.807) is 6.07 Å². The number of hydrogen-bond acceptors (Lipinski definition) is 5. The first-order valence-electron chi connectivity index (χ1n) is 5.65. The second-order valence-corrected chi connectivity index (χ2v) is 4.50. The zero-order valence-corrected chi connectivity index (χ0v) is 11.3. The van der Waals surface area contributed by atoms with Crippen LogP contribution in [0.2, 0.25) is 0 Å². The fraction of sp³-hybridized carbons (Fsp3) is 0.455. The van der Waals surface area contributed by atoms with Crippen molar-refractivity contribution in [1.82, 2.24) is 15.5 Å². The third-order valence-electron chi connectivity index (χ3n) is 2.08. The molecule has 0 aliphatic carbocycles. The van der Waals surface area contributed by atoms with Crippen LogP contribution in [0, 0.1) is 0 Å². The maximum atomic E-state index is 11.4. The standard InChI is InChI=1S/C11H17N5OS/c1-7(2)15-9(17)4-5-13-11-8(10(12)18)3-6-14-16-11/h3,6-7H,4-5H2,1-2H3,(H2,12,18)(H,13,16)(H,15,17). The van der Waals surface area contributed by atoms with Crippen molar-refractivity contribution in [3.63, 3.8) is 0 Å². The van der Waals surface area contributed by atoms with Crippen LogP contribution in [0.25, 0.3) is 0 Å². The molecule has 7 heteroatoms. The molecule has 0 radical (unpaired) electrons. The van der Waals surface area contributed by atoms with E-state index in [0.717, 1.165) is 0 Å². The Balaban J connectivity index is 2.49. The normalized spacial score (nSPS) is 10.2. The summed E-state index contributed by atoms with van der Waals surface area (Å²) in [6.45, 7) is 4.28. The summed E-state index contributed by atoms with van der Waals surface area (Å²) in [7, 11) is 0. The summed E-state index contributed by atoms with van der Waals surface area (Å²) in [5, 5.41) is 13.4. The molecule has 98 valence electrons. The minimum Gasteiger partial charge on any atom is -0.389 e. The molecule has 0 aliphatic heterocycles. The lowest BCUT2D eigenvalue weighted by molar-refractivity contribution is -0.121. The van der Waals surface area contributed by atoms with Crippen molar-refractivity contribution >= 4 is 28.9 Å². The molecule has 0 saturated heterocycles. The van der Waals surface area contributed by atoms with Crippen molar-refractivity contribution in [2.24, 2.45) is 5.73 Å². The Bertz CT molecular complexity index is 435. The summed E-state index contributed by atoms with van der Waals surface area (Å²) in [5.41, 5.74) is 6.19. The van der Waals surface area contributed by atoms with E-state index in [1.165, 1.54) is 6.20 Å². The Hall–Kier alpha value is -1.76. The highest BCUT2D eigenvalue weighted by Gasteiger charge is 2.07. The number of rotatable bonds is 6. The van der Waals surface area contributed by atoms with Crippen LogP contribution in [0.5, 0.6) is 0 Å². The van der Waals surface area contributed by atoms with E-state index < -0.39 is 0 Å². The number of amides is 1. The lowest BCUT2D eigenvalue weighted by atomic mass is 10.2. The van der Waals surface area contributed by atoms with Crippen LogP contribution in [-0.2, 0) is 4.79 Å². The first-order chi connectivity index (χ1) is 8.50. The van der Waals surface area contributed by atoms with Crippen LogP contribution in [0.1, 0.15) is 25.8 Å². The Morgan fingerprint density at radius 3 is 2.89 bits per heavy atom. The molecular weight excluding hydrogens is 250 g/mol.